The summed E-state index contributed by atoms with van der Waals surface area (Å²) in [6.07, 6.45) is 0.530. The number of benzene rings is 1. The van der Waals surface area contributed by atoms with Crippen molar-refractivity contribution >= 4 is 29.2 Å². The smallest absolute Gasteiger partial charge is 0.317 e. The molecule has 6 nitrogen and oxygen atoms in total. The molecule has 8 heteroatoms. The summed E-state index contributed by atoms with van der Waals surface area (Å²) in [5.74, 6) is 1.39. The molecule has 0 atom stereocenters. The monoisotopic (exact) mass is 370 g/mol. The fourth-order valence-electron chi connectivity index (χ4n) is 1.94. The van der Waals surface area contributed by atoms with E-state index in [0.717, 1.165) is 5.56 Å². The molecule has 1 N–H and O–H groups in total. The fraction of sp³-hybridized carbons (Fsp3) is 0.438. The van der Waals surface area contributed by atoms with Crippen molar-refractivity contribution in [3.05, 3.63) is 45.5 Å². The maximum absolute atomic E-state index is 12.1. The lowest BCUT2D eigenvalue weighted by Gasteiger charge is -2.17. The molecule has 1 heterocycles. The number of carbonyl (C=O) groups excluding carboxylic acids is 1. The molecule has 0 saturated carbocycles. The van der Waals surface area contributed by atoms with E-state index in [1.54, 1.807) is 30.1 Å². The summed E-state index contributed by atoms with van der Waals surface area (Å²) in [5, 5.41) is 7.81. The van der Waals surface area contributed by atoms with E-state index in [1.807, 2.05) is 13.8 Å². The van der Waals surface area contributed by atoms with E-state index in [2.05, 4.69) is 15.5 Å². The van der Waals surface area contributed by atoms with Gasteiger partial charge in [0.05, 0.1) is 0 Å². The normalized spacial score (nSPS) is 10.9. The lowest BCUT2D eigenvalue weighted by atomic mass is 10.2. The number of rotatable bonds is 6. The Balaban J connectivity index is 1.81. The lowest BCUT2D eigenvalue weighted by Crippen LogP contribution is -2.38. The number of nitrogens with one attached hydrogen (secondary N) is 1. The molecule has 0 spiro atoms. The minimum atomic E-state index is -0.200. The number of urea groups is 1. The predicted molar refractivity (Wildman–Crippen MR) is 93.4 cm³/mol. The zero-order valence-corrected chi connectivity index (χ0v) is 15.4. The molecule has 1 aromatic carbocycles. The quantitative estimate of drug-likeness (QED) is 0.837. The number of halogens is 2. The summed E-state index contributed by atoms with van der Waals surface area (Å²) < 4.78 is 5.14. The number of amides is 2. The van der Waals surface area contributed by atoms with Crippen molar-refractivity contribution in [3.8, 4) is 0 Å². The van der Waals surface area contributed by atoms with Gasteiger partial charge >= 0.3 is 6.03 Å². The SMILES string of the molecule is CC(C)c1nc(CCN(C)C(=O)NCc2ccc(Cl)cc2Cl)no1. The Morgan fingerprint density at radius 3 is 2.75 bits per heavy atom. The molecule has 0 bridgehead atoms. The van der Waals surface area contributed by atoms with Gasteiger partial charge in [0.1, 0.15) is 0 Å². The molecule has 2 aromatic rings. The Hall–Kier alpha value is -1.79. The number of aromatic nitrogens is 2. The van der Waals surface area contributed by atoms with Crippen LogP contribution in [-0.2, 0) is 13.0 Å². The van der Waals surface area contributed by atoms with Crippen LogP contribution in [0.2, 0.25) is 10.0 Å². The second-order valence-electron chi connectivity index (χ2n) is 5.77. The van der Waals surface area contributed by atoms with Gasteiger partial charge in [-0.1, -0.05) is 48.3 Å². The molecule has 1 aromatic heterocycles. The molecule has 0 aliphatic heterocycles. The highest BCUT2D eigenvalue weighted by Crippen LogP contribution is 2.20. The second kappa shape index (κ2) is 8.35. The molecule has 0 unspecified atom stereocenters. The van der Waals surface area contributed by atoms with Crippen molar-refractivity contribution in [2.75, 3.05) is 13.6 Å². The highest BCUT2D eigenvalue weighted by atomic mass is 35.5. The second-order valence-corrected chi connectivity index (χ2v) is 6.61. The first-order valence-electron chi connectivity index (χ1n) is 7.62. The Morgan fingerprint density at radius 1 is 1.38 bits per heavy atom. The first kappa shape index (κ1) is 18.5. The summed E-state index contributed by atoms with van der Waals surface area (Å²) >= 11 is 11.9. The minimum absolute atomic E-state index is 0.191. The van der Waals surface area contributed by atoms with Crippen LogP contribution in [0.25, 0.3) is 0 Å². The van der Waals surface area contributed by atoms with Gasteiger partial charge in [-0.25, -0.2) is 4.79 Å². The molecule has 0 aliphatic rings. The number of nitrogens with zero attached hydrogens (tertiary/aromatic N) is 3. The average Bonchev–Trinajstić information content (AvgIpc) is 3.00. The van der Waals surface area contributed by atoms with Gasteiger partial charge in [-0.05, 0) is 17.7 Å². The molecule has 2 amide bonds. The zero-order chi connectivity index (χ0) is 17.7. The zero-order valence-electron chi connectivity index (χ0n) is 13.8. The molecule has 130 valence electrons. The van der Waals surface area contributed by atoms with E-state index in [1.165, 1.54) is 0 Å². The number of hydrogen-bond donors (Lipinski definition) is 1. The van der Waals surface area contributed by atoms with Crippen molar-refractivity contribution in [1.29, 1.82) is 0 Å². The summed E-state index contributed by atoms with van der Waals surface area (Å²) in [6, 6.07) is 4.98. The van der Waals surface area contributed by atoms with Crippen LogP contribution in [0, 0.1) is 0 Å². The van der Waals surface area contributed by atoms with Gasteiger partial charge in [-0.2, -0.15) is 4.98 Å². The van der Waals surface area contributed by atoms with Crippen LogP contribution in [0.4, 0.5) is 4.79 Å². The van der Waals surface area contributed by atoms with Gasteiger partial charge in [0.15, 0.2) is 5.82 Å². The van der Waals surface area contributed by atoms with Crippen molar-refractivity contribution < 1.29 is 9.32 Å². The molecular formula is C16H20Cl2N4O2. The summed E-state index contributed by atoms with van der Waals surface area (Å²) in [7, 11) is 1.71. The number of carbonyl (C=O) groups is 1. The van der Waals surface area contributed by atoms with E-state index in [0.29, 0.717) is 41.3 Å². The van der Waals surface area contributed by atoms with Crippen LogP contribution in [-0.4, -0.2) is 34.7 Å². The van der Waals surface area contributed by atoms with E-state index in [9.17, 15) is 4.79 Å². The minimum Gasteiger partial charge on any atom is -0.339 e. The van der Waals surface area contributed by atoms with E-state index in [-0.39, 0.29) is 11.9 Å². The van der Waals surface area contributed by atoms with Crippen molar-refractivity contribution in [3.63, 3.8) is 0 Å². The molecule has 0 fully saturated rings. The summed E-state index contributed by atoms with van der Waals surface area (Å²) in [4.78, 5) is 18.0. The molecule has 0 radical (unpaired) electrons. The number of hydrogen-bond acceptors (Lipinski definition) is 4. The fourth-order valence-corrected chi connectivity index (χ4v) is 2.42. The molecule has 2 rings (SSSR count). The Morgan fingerprint density at radius 2 is 2.12 bits per heavy atom. The summed E-state index contributed by atoms with van der Waals surface area (Å²) in [5.41, 5.74) is 0.808. The van der Waals surface area contributed by atoms with Gasteiger partial charge < -0.3 is 14.7 Å². The topological polar surface area (TPSA) is 71.3 Å². The third-order valence-corrected chi connectivity index (χ3v) is 4.03. The van der Waals surface area contributed by atoms with Crippen molar-refractivity contribution in [2.24, 2.45) is 0 Å². The van der Waals surface area contributed by atoms with Crippen LogP contribution in [0.5, 0.6) is 0 Å². The Bertz CT molecular complexity index is 703. The first-order valence-corrected chi connectivity index (χ1v) is 8.37. The lowest BCUT2D eigenvalue weighted by molar-refractivity contribution is 0.208. The van der Waals surface area contributed by atoms with Crippen LogP contribution < -0.4 is 5.32 Å². The Kier molecular flexibility index (Phi) is 6.45. The maximum atomic E-state index is 12.1. The van der Waals surface area contributed by atoms with E-state index >= 15 is 0 Å². The van der Waals surface area contributed by atoms with Gasteiger partial charge in [-0.3, -0.25) is 0 Å². The third kappa shape index (κ3) is 5.11. The van der Waals surface area contributed by atoms with E-state index < -0.39 is 0 Å². The molecular weight excluding hydrogens is 351 g/mol. The van der Waals surface area contributed by atoms with Gasteiger partial charge in [-0.15, -0.1) is 0 Å². The number of likely N-dealkylation sites (N-methyl/N-ethyl adjacent to an activating group) is 1. The average molecular weight is 371 g/mol. The van der Waals surface area contributed by atoms with Crippen LogP contribution in [0.3, 0.4) is 0 Å². The largest absolute Gasteiger partial charge is 0.339 e. The highest BCUT2D eigenvalue weighted by molar-refractivity contribution is 6.35. The summed E-state index contributed by atoms with van der Waals surface area (Å²) in [6.45, 7) is 4.79. The third-order valence-electron chi connectivity index (χ3n) is 3.44. The molecule has 0 aliphatic carbocycles. The predicted octanol–water partition coefficient (Wildman–Crippen LogP) is 3.88. The van der Waals surface area contributed by atoms with E-state index in [4.69, 9.17) is 27.7 Å². The van der Waals surface area contributed by atoms with Crippen molar-refractivity contribution in [2.45, 2.75) is 32.7 Å². The highest BCUT2D eigenvalue weighted by Gasteiger charge is 2.13. The maximum Gasteiger partial charge on any atom is 0.317 e. The van der Waals surface area contributed by atoms with Crippen molar-refractivity contribution in [1.82, 2.24) is 20.4 Å². The Labute approximate surface area is 151 Å². The molecule has 24 heavy (non-hydrogen) atoms. The van der Waals surface area contributed by atoms with Crippen LogP contribution in [0.15, 0.2) is 22.7 Å². The van der Waals surface area contributed by atoms with Gasteiger partial charge in [0.25, 0.3) is 0 Å². The first-order chi connectivity index (χ1) is 11.4. The molecule has 0 saturated heterocycles. The van der Waals surface area contributed by atoms with Crippen LogP contribution >= 0.6 is 23.2 Å². The van der Waals surface area contributed by atoms with Gasteiger partial charge in [0, 0.05) is 42.5 Å². The van der Waals surface area contributed by atoms with Crippen LogP contribution in [0.1, 0.15) is 37.0 Å². The van der Waals surface area contributed by atoms with Gasteiger partial charge in [0.2, 0.25) is 5.89 Å². The standard InChI is InChI=1S/C16H20Cl2N4O2/c1-10(2)15-20-14(21-24-15)6-7-22(3)16(23)19-9-11-4-5-12(17)8-13(11)18/h4-5,8,10H,6-7,9H2,1-3H3,(H,19,23).